The van der Waals surface area contributed by atoms with Crippen molar-refractivity contribution in [2.24, 2.45) is 5.41 Å². The van der Waals surface area contributed by atoms with Crippen LogP contribution in [0.25, 0.3) is 0 Å². The van der Waals surface area contributed by atoms with Gasteiger partial charge in [-0.2, -0.15) is 0 Å². The number of methoxy groups -OCH3 is 1. The zero-order chi connectivity index (χ0) is 10.4. The van der Waals surface area contributed by atoms with Crippen LogP contribution >= 0.6 is 0 Å². The Morgan fingerprint density at radius 1 is 1.57 bits per heavy atom. The van der Waals surface area contributed by atoms with E-state index in [4.69, 9.17) is 9.47 Å². The predicted molar refractivity (Wildman–Crippen MR) is 50.7 cm³/mol. The molecule has 0 spiro atoms. The molecule has 1 rings (SSSR count). The summed E-state index contributed by atoms with van der Waals surface area (Å²) in [5.41, 5.74) is 0.0477. The van der Waals surface area contributed by atoms with E-state index in [1.807, 2.05) is 6.08 Å². The zero-order valence-corrected chi connectivity index (χ0v) is 8.62. The van der Waals surface area contributed by atoms with E-state index >= 15 is 0 Å². The van der Waals surface area contributed by atoms with Crippen molar-refractivity contribution >= 4 is 5.97 Å². The molecule has 1 aliphatic rings. The second-order valence-corrected chi connectivity index (χ2v) is 3.41. The minimum absolute atomic E-state index is 0.00119. The lowest BCUT2D eigenvalue weighted by Gasteiger charge is -2.38. The van der Waals surface area contributed by atoms with Gasteiger partial charge in [0.15, 0.2) is 6.79 Å². The fraction of sp³-hybridized carbons (Fsp3) is 0.700. The fourth-order valence-electron chi connectivity index (χ4n) is 1.19. The summed E-state index contributed by atoms with van der Waals surface area (Å²) in [5.74, 6) is -0.369. The van der Waals surface area contributed by atoms with Crippen LogP contribution in [-0.2, 0) is 19.0 Å². The maximum Gasteiger partial charge on any atom is 0.332 e. The summed E-state index contributed by atoms with van der Waals surface area (Å²) in [7, 11) is 1.48. The molecule has 0 saturated carbocycles. The highest BCUT2D eigenvalue weighted by Crippen LogP contribution is 2.32. The molecular formula is C10H16O4. The van der Waals surface area contributed by atoms with Crippen molar-refractivity contribution < 1.29 is 19.0 Å². The van der Waals surface area contributed by atoms with Crippen molar-refractivity contribution in [1.82, 2.24) is 0 Å². The van der Waals surface area contributed by atoms with Gasteiger partial charge in [-0.15, -0.1) is 0 Å². The minimum Gasteiger partial charge on any atom is -0.435 e. The predicted octanol–water partition coefficient (Wildman–Crippen LogP) is 1.12. The Morgan fingerprint density at radius 2 is 2.29 bits per heavy atom. The second kappa shape index (κ2) is 5.12. The van der Waals surface area contributed by atoms with E-state index in [0.717, 1.165) is 6.42 Å². The van der Waals surface area contributed by atoms with Gasteiger partial charge in [-0.05, 0) is 6.42 Å². The first-order valence-corrected chi connectivity index (χ1v) is 4.65. The van der Waals surface area contributed by atoms with Gasteiger partial charge in [0.1, 0.15) is 0 Å². The Bertz CT molecular complexity index is 213. The summed E-state index contributed by atoms with van der Waals surface area (Å²) in [6.45, 7) is 3.46. The van der Waals surface area contributed by atoms with Gasteiger partial charge < -0.3 is 14.2 Å². The average molecular weight is 200 g/mol. The quantitative estimate of drug-likeness (QED) is 0.379. The number of hydrogen-bond acceptors (Lipinski definition) is 4. The third-order valence-electron chi connectivity index (χ3n) is 2.38. The normalized spacial score (nSPS) is 19.3. The molecule has 1 saturated heterocycles. The minimum atomic E-state index is -0.369. The molecule has 4 nitrogen and oxygen atoms in total. The summed E-state index contributed by atoms with van der Waals surface area (Å²) >= 11 is 0. The molecule has 0 aliphatic carbocycles. The molecule has 0 aromatic heterocycles. The number of hydrogen-bond donors (Lipinski definition) is 0. The number of esters is 1. The van der Waals surface area contributed by atoms with Gasteiger partial charge in [0, 0.05) is 18.6 Å². The Kier molecular flexibility index (Phi) is 4.10. The van der Waals surface area contributed by atoms with Crippen LogP contribution in [-0.4, -0.2) is 33.1 Å². The highest BCUT2D eigenvalue weighted by Gasteiger charge is 2.34. The van der Waals surface area contributed by atoms with Gasteiger partial charge in [0.05, 0.1) is 13.2 Å². The molecule has 1 fully saturated rings. The van der Waals surface area contributed by atoms with Crippen LogP contribution in [0.1, 0.15) is 13.3 Å². The van der Waals surface area contributed by atoms with Crippen LogP contribution in [0.2, 0.25) is 0 Å². The van der Waals surface area contributed by atoms with E-state index in [1.165, 1.54) is 13.2 Å². The third kappa shape index (κ3) is 2.82. The summed E-state index contributed by atoms with van der Waals surface area (Å²) in [6, 6.07) is 0. The molecular weight excluding hydrogens is 184 g/mol. The van der Waals surface area contributed by atoms with Gasteiger partial charge in [0.25, 0.3) is 0 Å². The lowest BCUT2D eigenvalue weighted by molar-refractivity contribution is -0.148. The first-order chi connectivity index (χ1) is 6.72. The maximum atomic E-state index is 11.1. The number of ether oxygens (including phenoxy) is 3. The standard InChI is InChI=1S/C10H16O4/c1-3-10(6-13-7-10)5-4-9(11)14-8-12-2/h4-5H,3,6-8H2,1-2H3. The largest absolute Gasteiger partial charge is 0.435 e. The topological polar surface area (TPSA) is 44.8 Å². The van der Waals surface area contributed by atoms with Crippen molar-refractivity contribution in [3.05, 3.63) is 12.2 Å². The lowest BCUT2D eigenvalue weighted by Crippen LogP contribution is -2.40. The maximum absolute atomic E-state index is 11.1. The first kappa shape index (κ1) is 11.2. The SMILES string of the molecule is CCC1(C=CC(=O)OCOC)COC1. The molecule has 1 aliphatic heterocycles. The molecule has 1 heterocycles. The van der Waals surface area contributed by atoms with E-state index in [0.29, 0.717) is 13.2 Å². The summed E-state index contributed by atoms with van der Waals surface area (Å²) in [5, 5.41) is 0. The van der Waals surface area contributed by atoms with Crippen molar-refractivity contribution in [1.29, 1.82) is 0 Å². The number of carbonyl (C=O) groups is 1. The Balaban J connectivity index is 2.34. The Hall–Kier alpha value is -0.870. The molecule has 4 heteroatoms. The van der Waals surface area contributed by atoms with Crippen LogP contribution in [0.5, 0.6) is 0 Å². The molecule has 0 aromatic carbocycles. The Morgan fingerprint density at radius 3 is 2.71 bits per heavy atom. The highest BCUT2D eigenvalue weighted by atomic mass is 16.7. The zero-order valence-electron chi connectivity index (χ0n) is 8.62. The van der Waals surface area contributed by atoms with Crippen LogP contribution in [0, 0.1) is 5.41 Å². The summed E-state index contributed by atoms with van der Waals surface area (Å²) in [6.07, 6.45) is 4.29. The van der Waals surface area contributed by atoms with E-state index < -0.39 is 0 Å². The van der Waals surface area contributed by atoms with E-state index in [9.17, 15) is 4.79 Å². The first-order valence-electron chi connectivity index (χ1n) is 4.65. The van der Waals surface area contributed by atoms with Crippen LogP contribution < -0.4 is 0 Å². The van der Waals surface area contributed by atoms with Crippen LogP contribution in [0.3, 0.4) is 0 Å². The van der Waals surface area contributed by atoms with Gasteiger partial charge in [-0.25, -0.2) is 4.79 Å². The molecule has 0 aromatic rings. The monoisotopic (exact) mass is 200 g/mol. The van der Waals surface area contributed by atoms with E-state index in [-0.39, 0.29) is 18.2 Å². The molecule has 0 radical (unpaired) electrons. The molecule has 80 valence electrons. The summed E-state index contributed by atoms with van der Waals surface area (Å²) < 4.78 is 14.4. The van der Waals surface area contributed by atoms with Crippen molar-refractivity contribution in [2.45, 2.75) is 13.3 Å². The van der Waals surface area contributed by atoms with Crippen LogP contribution in [0.15, 0.2) is 12.2 Å². The summed E-state index contributed by atoms with van der Waals surface area (Å²) in [4.78, 5) is 11.1. The molecule has 0 bridgehead atoms. The van der Waals surface area contributed by atoms with Crippen molar-refractivity contribution in [2.75, 3.05) is 27.1 Å². The van der Waals surface area contributed by atoms with Gasteiger partial charge in [-0.3, -0.25) is 0 Å². The van der Waals surface area contributed by atoms with Crippen molar-refractivity contribution in [3.63, 3.8) is 0 Å². The average Bonchev–Trinajstić information content (AvgIpc) is 2.14. The molecule has 0 amide bonds. The van der Waals surface area contributed by atoms with Crippen molar-refractivity contribution in [3.8, 4) is 0 Å². The molecule has 0 unspecified atom stereocenters. The van der Waals surface area contributed by atoms with Gasteiger partial charge >= 0.3 is 5.97 Å². The molecule has 0 atom stereocenters. The lowest BCUT2D eigenvalue weighted by atomic mass is 9.83. The Labute approximate surface area is 83.8 Å². The number of rotatable bonds is 5. The smallest absolute Gasteiger partial charge is 0.332 e. The van der Waals surface area contributed by atoms with Gasteiger partial charge in [0.2, 0.25) is 0 Å². The second-order valence-electron chi connectivity index (χ2n) is 3.41. The van der Waals surface area contributed by atoms with E-state index in [1.54, 1.807) is 0 Å². The third-order valence-corrected chi connectivity index (χ3v) is 2.38. The molecule has 0 N–H and O–H groups in total. The van der Waals surface area contributed by atoms with E-state index in [2.05, 4.69) is 11.7 Å². The molecule has 14 heavy (non-hydrogen) atoms. The fourth-order valence-corrected chi connectivity index (χ4v) is 1.19. The van der Waals surface area contributed by atoms with Crippen LogP contribution in [0.4, 0.5) is 0 Å². The highest BCUT2D eigenvalue weighted by molar-refractivity contribution is 5.82. The number of carbonyl (C=O) groups excluding carboxylic acids is 1. The van der Waals surface area contributed by atoms with Gasteiger partial charge in [-0.1, -0.05) is 13.0 Å².